The summed E-state index contributed by atoms with van der Waals surface area (Å²) >= 11 is 9.65. The van der Waals surface area contributed by atoms with Gasteiger partial charge in [0, 0.05) is 10.5 Å². The van der Waals surface area contributed by atoms with Crippen LogP contribution in [0.4, 0.5) is 0 Å². The second-order valence-electron chi connectivity index (χ2n) is 4.57. The number of halogens is 2. The summed E-state index contributed by atoms with van der Waals surface area (Å²) in [6, 6.07) is 14.5. The lowest BCUT2D eigenvalue weighted by molar-refractivity contribution is 0.414. The first-order valence-electron chi connectivity index (χ1n) is 6.39. The molecular weight excluding hydrogens is 338 g/mol. The summed E-state index contributed by atoms with van der Waals surface area (Å²) in [6.45, 7) is 0. The van der Waals surface area contributed by atoms with Gasteiger partial charge in [-0.25, -0.2) is 0 Å². The molecule has 0 bridgehead atoms. The summed E-state index contributed by atoms with van der Waals surface area (Å²) in [5.41, 5.74) is 2.43. The van der Waals surface area contributed by atoms with Gasteiger partial charge in [-0.05, 0) is 48.9 Å². The van der Waals surface area contributed by atoms with E-state index in [0.717, 1.165) is 16.5 Å². The van der Waals surface area contributed by atoms with E-state index in [1.165, 1.54) is 5.56 Å². The van der Waals surface area contributed by atoms with Crippen LogP contribution in [0.25, 0.3) is 0 Å². The third-order valence-corrected chi connectivity index (χ3v) is 4.10. The van der Waals surface area contributed by atoms with Crippen molar-refractivity contribution < 1.29 is 4.74 Å². The predicted octanol–water partition coefficient (Wildman–Crippen LogP) is 4.61. The fourth-order valence-electron chi connectivity index (χ4n) is 2.14. The summed E-state index contributed by atoms with van der Waals surface area (Å²) in [6.07, 6.45) is 0.909. The number of rotatable bonds is 5. The van der Waals surface area contributed by atoms with Crippen LogP contribution in [0, 0.1) is 0 Å². The minimum absolute atomic E-state index is 0.222. The van der Waals surface area contributed by atoms with Gasteiger partial charge in [0.25, 0.3) is 0 Å². The molecular formula is C16H17BrClNO. The Morgan fingerprint density at radius 3 is 2.45 bits per heavy atom. The van der Waals surface area contributed by atoms with Crippen LogP contribution >= 0.6 is 27.5 Å². The van der Waals surface area contributed by atoms with E-state index >= 15 is 0 Å². The Morgan fingerprint density at radius 1 is 1.20 bits per heavy atom. The van der Waals surface area contributed by atoms with Gasteiger partial charge in [0.15, 0.2) is 0 Å². The maximum absolute atomic E-state index is 6.20. The molecule has 0 amide bonds. The SMILES string of the molecule is CNC(Cc1ccc(Br)cc1)c1ccc(OC)c(Cl)c1. The van der Waals surface area contributed by atoms with Crippen molar-refractivity contribution in [2.24, 2.45) is 0 Å². The highest BCUT2D eigenvalue weighted by atomic mass is 79.9. The summed E-state index contributed by atoms with van der Waals surface area (Å²) < 4.78 is 6.28. The van der Waals surface area contributed by atoms with E-state index in [-0.39, 0.29) is 6.04 Å². The molecule has 106 valence electrons. The lowest BCUT2D eigenvalue weighted by Gasteiger charge is -2.18. The maximum Gasteiger partial charge on any atom is 0.137 e. The molecule has 0 aliphatic carbocycles. The number of hydrogen-bond acceptors (Lipinski definition) is 2. The van der Waals surface area contributed by atoms with Crippen LogP contribution in [-0.4, -0.2) is 14.2 Å². The van der Waals surface area contributed by atoms with Crippen LogP contribution in [0.3, 0.4) is 0 Å². The number of ether oxygens (including phenoxy) is 1. The normalized spacial score (nSPS) is 12.2. The van der Waals surface area contributed by atoms with Crippen LogP contribution < -0.4 is 10.1 Å². The Balaban J connectivity index is 2.19. The molecule has 0 aromatic heterocycles. The van der Waals surface area contributed by atoms with Crippen molar-refractivity contribution >= 4 is 27.5 Å². The molecule has 0 saturated heterocycles. The molecule has 0 aliphatic heterocycles. The van der Waals surface area contributed by atoms with Gasteiger partial charge in [0.2, 0.25) is 0 Å². The Morgan fingerprint density at radius 2 is 1.90 bits per heavy atom. The fourth-order valence-corrected chi connectivity index (χ4v) is 2.67. The van der Waals surface area contributed by atoms with Crippen LogP contribution in [-0.2, 0) is 6.42 Å². The Kier molecular flexibility index (Phi) is 5.46. The van der Waals surface area contributed by atoms with Crippen molar-refractivity contribution in [1.29, 1.82) is 0 Å². The number of hydrogen-bond donors (Lipinski definition) is 1. The van der Waals surface area contributed by atoms with Crippen molar-refractivity contribution in [3.63, 3.8) is 0 Å². The third-order valence-electron chi connectivity index (χ3n) is 3.28. The third kappa shape index (κ3) is 3.75. The Hall–Kier alpha value is -1.03. The molecule has 2 aromatic carbocycles. The molecule has 1 unspecified atom stereocenters. The van der Waals surface area contributed by atoms with E-state index in [9.17, 15) is 0 Å². The van der Waals surface area contributed by atoms with E-state index in [1.54, 1.807) is 7.11 Å². The maximum atomic E-state index is 6.20. The number of benzene rings is 2. The van der Waals surface area contributed by atoms with Gasteiger partial charge in [-0.15, -0.1) is 0 Å². The van der Waals surface area contributed by atoms with Gasteiger partial charge in [-0.3, -0.25) is 0 Å². The molecule has 2 nitrogen and oxygen atoms in total. The van der Waals surface area contributed by atoms with Crippen LogP contribution in [0.15, 0.2) is 46.9 Å². The van der Waals surface area contributed by atoms with Gasteiger partial charge in [-0.1, -0.05) is 45.7 Å². The van der Waals surface area contributed by atoms with Gasteiger partial charge in [0.05, 0.1) is 12.1 Å². The molecule has 0 fully saturated rings. The van der Waals surface area contributed by atoms with Gasteiger partial charge in [0.1, 0.15) is 5.75 Å². The number of methoxy groups -OCH3 is 1. The smallest absolute Gasteiger partial charge is 0.137 e. The van der Waals surface area contributed by atoms with Crippen LogP contribution in [0.2, 0.25) is 5.02 Å². The Labute approximate surface area is 133 Å². The Bertz CT molecular complexity index is 571. The van der Waals surface area contributed by atoms with Crippen molar-refractivity contribution in [2.75, 3.05) is 14.2 Å². The second-order valence-corrected chi connectivity index (χ2v) is 5.89. The topological polar surface area (TPSA) is 21.3 Å². The summed E-state index contributed by atoms with van der Waals surface area (Å²) in [4.78, 5) is 0. The largest absolute Gasteiger partial charge is 0.495 e. The average Bonchev–Trinajstić information content (AvgIpc) is 2.46. The molecule has 2 rings (SSSR count). The molecule has 0 spiro atoms. The summed E-state index contributed by atoms with van der Waals surface area (Å²) in [7, 11) is 3.58. The fraction of sp³-hybridized carbons (Fsp3) is 0.250. The minimum Gasteiger partial charge on any atom is -0.495 e. The van der Waals surface area contributed by atoms with Gasteiger partial charge < -0.3 is 10.1 Å². The molecule has 0 heterocycles. The molecule has 0 saturated carbocycles. The first kappa shape index (κ1) is 15.4. The molecule has 4 heteroatoms. The highest BCUT2D eigenvalue weighted by molar-refractivity contribution is 9.10. The highest BCUT2D eigenvalue weighted by Gasteiger charge is 2.12. The van der Waals surface area contributed by atoms with Crippen molar-refractivity contribution in [1.82, 2.24) is 5.32 Å². The minimum atomic E-state index is 0.222. The van der Waals surface area contributed by atoms with Gasteiger partial charge >= 0.3 is 0 Å². The summed E-state index contributed by atoms with van der Waals surface area (Å²) in [5, 5.41) is 3.97. The first-order valence-corrected chi connectivity index (χ1v) is 7.56. The first-order chi connectivity index (χ1) is 9.63. The molecule has 1 atom stereocenters. The molecule has 2 aromatic rings. The van der Waals surface area contributed by atoms with Crippen molar-refractivity contribution in [3.05, 3.63) is 63.1 Å². The zero-order valence-electron chi connectivity index (χ0n) is 11.5. The van der Waals surface area contributed by atoms with Crippen molar-refractivity contribution in [2.45, 2.75) is 12.5 Å². The lowest BCUT2D eigenvalue weighted by Crippen LogP contribution is -2.18. The standard InChI is InChI=1S/C16H17BrClNO/c1-19-15(9-11-3-6-13(17)7-4-11)12-5-8-16(20-2)14(18)10-12/h3-8,10,15,19H,9H2,1-2H3. The lowest BCUT2D eigenvalue weighted by atomic mass is 9.99. The van der Waals surface area contributed by atoms with Crippen LogP contribution in [0.1, 0.15) is 17.2 Å². The average molecular weight is 355 g/mol. The van der Waals surface area contributed by atoms with Crippen molar-refractivity contribution in [3.8, 4) is 5.75 Å². The van der Waals surface area contributed by atoms with E-state index < -0.39 is 0 Å². The van der Waals surface area contributed by atoms with E-state index in [2.05, 4.69) is 45.5 Å². The second kappa shape index (κ2) is 7.11. The van der Waals surface area contributed by atoms with E-state index in [4.69, 9.17) is 16.3 Å². The van der Waals surface area contributed by atoms with Crippen LogP contribution in [0.5, 0.6) is 5.75 Å². The highest BCUT2D eigenvalue weighted by Crippen LogP contribution is 2.29. The zero-order valence-corrected chi connectivity index (χ0v) is 13.8. The monoisotopic (exact) mass is 353 g/mol. The zero-order chi connectivity index (χ0) is 14.5. The summed E-state index contributed by atoms with van der Waals surface area (Å²) in [5.74, 6) is 0.703. The molecule has 20 heavy (non-hydrogen) atoms. The van der Waals surface area contributed by atoms with Gasteiger partial charge in [-0.2, -0.15) is 0 Å². The number of likely N-dealkylation sites (N-methyl/N-ethyl adjacent to an activating group) is 1. The quantitative estimate of drug-likeness (QED) is 0.846. The molecule has 0 radical (unpaired) electrons. The van der Waals surface area contributed by atoms with E-state index in [0.29, 0.717) is 10.8 Å². The number of nitrogens with one attached hydrogen (secondary N) is 1. The molecule has 0 aliphatic rings. The predicted molar refractivity (Wildman–Crippen MR) is 87.7 cm³/mol. The van der Waals surface area contributed by atoms with E-state index in [1.807, 2.05) is 25.2 Å². The molecule has 1 N–H and O–H groups in total.